The molecule has 0 bridgehead atoms. The molecule has 2 aliphatic carbocycles. The van der Waals surface area contributed by atoms with Crippen LogP contribution in [0.3, 0.4) is 0 Å². The first-order valence-electron chi connectivity index (χ1n) is 7.83. The third-order valence-electron chi connectivity index (χ3n) is 4.13. The quantitative estimate of drug-likeness (QED) is 0.829. The minimum atomic E-state index is 0.107. The van der Waals surface area contributed by atoms with Crippen molar-refractivity contribution in [2.45, 2.75) is 70.1 Å². The Morgan fingerprint density at radius 3 is 2.75 bits per heavy atom. The SMILES string of the molecule is O=C(Cn1cnc(CNC2CC2)c1)NC1CCCCC1. The van der Waals surface area contributed by atoms with E-state index in [1.165, 1.54) is 32.1 Å². The van der Waals surface area contributed by atoms with Crippen LogP contribution in [0.15, 0.2) is 12.5 Å². The van der Waals surface area contributed by atoms with Crippen LogP contribution in [0.4, 0.5) is 0 Å². The van der Waals surface area contributed by atoms with Gasteiger partial charge in [-0.05, 0) is 25.7 Å². The first-order valence-corrected chi connectivity index (χ1v) is 7.83. The summed E-state index contributed by atoms with van der Waals surface area (Å²) in [6.07, 6.45) is 12.3. The summed E-state index contributed by atoms with van der Waals surface area (Å²) >= 11 is 0. The van der Waals surface area contributed by atoms with Gasteiger partial charge in [-0.25, -0.2) is 4.98 Å². The van der Waals surface area contributed by atoms with Crippen molar-refractivity contribution in [3.05, 3.63) is 18.2 Å². The molecular weight excluding hydrogens is 252 g/mol. The normalized spacial score (nSPS) is 20.0. The summed E-state index contributed by atoms with van der Waals surface area (Å²) in [5, 5.41) is 6.56. The smallest absolute Gasteiger partial charge is 0.240 e. The Morgan fingerprint density at radius 2 is 2.00 bits per heavy atom. The van der Waals surface area contributed by atoms with E-state index in [1.807, 2.05) is 10.8 Å². The van der Waals surface area contributed by atoms with Gasteiger partial charge in [-0.15, -0.1) is 0 Å². The highest BCUT2D eigenvalue weighted by molar-refractivity contribution is 5.76. The van der Waals surface area contributed by atoms with Crippen LogP contribution >= 0.6 is 0 Å². The Kier molecular flexibility index (Phi) is 4.35. The molecule has 1 heterocycles. The third kappa shape index (κ3) is 4.07. The summed E-state index contributed by atoms with van der Waals surface area (Å²) in [4.78, 5) is 16.3. The molecule has 5 heteroatoms. The van der Waals surface area contributed by atoms with Gasteiger partial charge in [0.05, 0.1) is 12.0 Å². The number of aromatic nitrogens is 2. The fourth-order valence-corrected chi connectivity index (χ4v) is 2.81. The van der Waals surface area contributed by atoms with Gasteiger partial charge in [0, 0.05) is 24.8 Å². The van der Waals surface area contributed by atoms with Gasteiger partial charge in [0.2, 0.25) is 5.91 Å². The van der Waals surface area contributed by atoms with Crippen LogP contribution in [0, 0.1) is 0 Å². The molecule has 0 atom stereocenters. The van der Waals surface area contributed by atoms with Gasteiger partial charge in [0.25, 0.3) is 0 Å². The topological polar surface area (TPSA) is 59.0 Å². The van der Waals surface area contributed by atoms with E-state index in [9.17, 15) is 4.79 Å². The number of nitrogens with one attached hydrogen (secondary N) is 2. The number of carbonyl (C=O) groups is 1. The molecule has 2 N–H and O–H groups in total. The lowest BCUT2D eigenvalue weighted by Gasteiger charge is -2.22. The molecule has 1 aromatic heterocycles. The monoisotopic (exact) mass is 276 g/mol. The van der Waals surface area contributed by atoms with Gasteiger partial charge in [-0.2, -0.15) is 0 Å². The Balaban J connectivity index is 1.42. The maximum Gasteiger partial charge on any atom is 0.240 e. The summed E-state index contributed by atoms with van der Waals surface area (Å²) in [7, 11) is 0. The maximum atomic E-state index is 12.0. The summed E-state index contributed by atoms with van der Waals surface area (Å²) in [6.45, 7) is 1.19. The Morgan fingerprint density at radius 1 is 1.20 bits per heavy atom. The van der Waals surface area contributed by atoms with Crippen LogP contribution in [0.2, 0.25) is 0 Å². The fourth-order valence-electron chi connectivity index (χ4n) is 2.81. The molecule has 2 fully saturated rings. The number of rotatable bonds is 6. The second kappa shape index (κ2) is 6.39. The van der Waals surface area contributed by atoms with Crippen molar-refractivity contribution in [1.82, 2.24) is 20.2 Å². The zero-order valence-corrected chi connectivity index (χ0v) is 12.0. The van der Waals surface area contributed by atoms with Gasteiger partial charge < -0.3 is 15.2 Å². The molecule has 110 valence electrons. The van der Waals surface area contributed by atoms with Crippen molar-refractivity contribution in [3.63, 3.8) is 0 Å². The van der Waals surface area contributed by atoms with E-state index in [2.05, 4.69) is 15.6 Å². The Bertz CT molecular complexity index is 446. The fraction of sp³-hybridized carbons (Fsp3) is 0.733. The average Bonchev–Trinajstić information content (AvgIpc) is 3.18. The zero-order chi connectivity index (χ0) is 13.8. The van der Waals surface area contributed by atoms with E-state index in [1.54, 1.807) is 6.33 Å². The van der Waals surface area contributed by atoms with Crippen LogP contribution in [-0.2, 0) is 17.9 Å². The highest BCUT2D eigenvalue weighted by Crippen LogP contribution is 2.19. The maximum absolute atomic E-state index is 12.0. The van der Waals surface area contributed by atoms with Gasteiger partial charge >= 0.3 is 0 Å². The lowest BCUT2D eigenvalue weighted by Crippen LogP contribution is -2.38. The number of carbonyl (C=O) groups excluding carboxylic acids is 1. The summed E-state index contributed by atoms with van der Waals surface area (Å²) in [5.41, 5.74) is 1.02. The molecule has 0 unspecified atom stereocenters. The summed E-state index contributed by atoms with van der Waals surface area (Å²) in [6, 6.07) is 1.07. The van der Waals surface area contributed by atoms with E-state index in [0.29, 0.717) is 18.6 Å². The standard InChI is InChI=1S/C15H24N4O/c20-15(18-13-4-2-1-3-5-13)10-19-9-14(17-11-19)8-16-12-6-7-12/h9,11-13,16H,1-8,10H2,(H,18,20). The molecule has 2 saturated carbocycles. The molecule has 0 aromatic carbocycles. The molecule has 2 aliphatic rings. The first kappa shape index (κ1) is 13.6. The average molecular weight is 276 g/mol. The van der Waals surface area contributed by atoms with E-state index in [4.69, 9.17) is 0 Å². The van der Waals surface area contributed by atoms with Crippen molar-refractivity contribution in [1.29, 1.82) is 0 Å². The highest BCUT2D eigenvalue weighted by Gasteiger charge is 2.20. The van der Waals surface area contributed by atoms with Crippen LogP contribution in [0.1, 0.15) is 50.6 Å². The summed E-state index contributed by atoms with van der Waals surface area (Å²) < 4.78 is 1.88. The van der Waals surface area contributed by atoms with Crippen molar-refractivity contribution < 1.29 is 4.79 Å². The minimum absolute atomic E-state index is 0.107. The predicted molar refractivity (Wildman–Crippen MR) is 77.1 cm³/mol. The van der Waals surface area contributed by atoms with E-state index in [-0.39, 0.29) is 5.91 Å². The van der Waals surface area contributed by atoms with E-state index >= 15 is 0 Å². The summed E-state index contributed by atoms with van der Waals surface area (Å²) in [5.74, 6) is 0.107. The molecule has 5 nitrogen and oxygen atoms in total. The number of nitrogens with zero attached hydrogens (tertiary/aromatic N) is 2. The largest absolute Gasteiger partial charge is 0.352 e. The lowest BCUT2D eigenvalue weighted by atomic mass is 9.95. The number of imidazole rings is 1. The molecule has 1 aromatic rings. The van der Waals surface area contributed by atoms with Gasteiger partial charge in [-0.3, -0.25) is 4.79 Å². The van der Waals surface area contributed by atoms with Crippen LogP contribution in [0.25, 0.3) is 0 Å². The van der Waals surface area contributed by atoms with E-state index < -0.39 is 0 Å². The van der Waals surface area contributed by atoms with Crippen molar-refractivity contribution in [3.8, 4) is 0 Å². The van der Waals surface area contributed by atoms with E-state index in [0.717, 1.165) is 25.1 Å². The molecule has 1 amide bonds. The van der Waals surface area contributed by atoms with Crippen molar-refractivity contribution in [2.75, 3.05) is 0 Å². The van der Waals surface area contributed by atoms with Crippen molar-refractivity contribution >= 4 is 5.91 Å². The lowest BCUT2D eigenvalue weighted by molar-refractivity contribution is -0.122. The Hall–Kier alpha value is -1.36. The molecular formula is C15H24N4O. The van der Waals surface area contributed by atoms with Gasteiger partial charge in [0.15, 0.2) is 0 Å². The molecule has 0 aliphatic heterocycles. The molecule has 0 spiro atoms. The molecule has 3 rings (SSSR count). The molecule has 0 saturated heterocycles. The molecule has 0 radical (unpaired) electrons. The second-order valence-electron chi connectivity index (χ2n) is 6.09. The second-order valence-corrected chi connectivity index (χ2v) is 6.09. The number of amides is 1. The zero-order valence-electron chi connectivity index (χ0n) is 12.0. The molecule has 20 heavy (non-hydrogen) atoms. The van der Waals surface area contributed by atoms with Crippen LogP contribution in [-0.4, -0.2) is 27.5 Å². The van der Waals surface area contributed by atoms with Gasteiger partial charge in [-0.1, -0.05) is 19.3 Å². The van der Waals surface area contributed by atoms with Crippen molar-refractivity contribution in [2.24, 2.45) is 0 Å². The minimum Gasteiger partial charge on any atom is -0.352 e. The third-order valence-corrected chi connectivity index (χ3v) is 4.13. The van der Waals surface area contributed by atoms with Gasteiger partial charge in [0.1, 0.15) is 6.54 Å². The predicted octanol–water partition coefficient (Wildman–Crippen LogP) is 1.58. The first-order chi connectivity index (χ1) is 9.79. The Labute approximate surface area is 120 Å². The number of hydrogen-bond acceptors (Lipinski definition) is 3. The van der Waals surface area contributed by atoms with Crippen LogP contribution < -0.4 is 10.6 Å². The highest BCUT2D eigenvalue weighted by atomic mass is 16.2. The van der Waals surface area contributed by atoms with Crippen LogP contribution in [0.5, 0.6) is 0 Å². The number of hydrogen-bond donors (Lipinski definition) is 2.